The van der Waals surface area contributed by atoms with Gasteiger partial charge in [0.1, 0.15) is 12.3 Å². The lowest BCUT2D eigenvalue weighted by atomic mass is 10.0. The van der Waals surface area contributed by atoms with Crippen LogP contribution in [0.3, 0.4) is 0 Å². The number of carbonyl (C=O) groups is 1. The fourth-order valence-corrected chi connectivity index (χ4v) is 7.02. The molecule has 2 fully saturated rings. The third-order valence-electron chi connectivity index (χ3n) is 8.59. The van der Waals surface area contributed by atoms with Gasteiger partial charge in [-0.1, -0.05) is 12.0 Å². The Balaban J connectivity index is 1.25. The van der Waals surface area contributed by atoms with Gasteiger partial charge in [0.05, 0.1) is 43.3 Å². The molecular weight excluding hydrogens is 645 g/mol. The normalized spacial score (nSPS) is 17.2. The van der Waals surface area contributed by atoms with Gasteiger partial charge in [0, 0.05) is 74.7 Å². The van der Waals surface area contributed by atoms with Gasteiger partial charge >= 0.3 is 6.18 Å². The molecule has 2 saturated heterocycles. The van der Waals surface area contributed by atoms with E-state index in [2.05, 4.69) is 31.7 Å². The largest absolute Gasteiger partial charge is 0.495 e. The number of hydrogen-bond donors (Lipinski definition) is 4. The molecule has 1 unspecified atom stereocenters. The van der Waals surface area contributed by atoms with E-state index in [9.17, 15) is 23.1 Å². The monoisotopic (exact) mass is 688 g/mol. The number of benzene rings is 2. The summed E-state index contributed by atoms with van der Waals surface area (Å²) in [5.41, 5.74) is 2.20. The number of piperidine rings is 1. The predicted octanol–water partition coefficient (Wildman–Crippen LogP) is 4.08. The number of aliphatic hydroxyl groups excluding tert-OH is 2. The van der Waals surface area contributed by atoms with Crippen LogP contribution in [0, 0.1) is 11.8 Å². The van der Waals surface area contributed by atoms with Crippen LogP contribution in [0.5, 0.6) is 5.75 Å². The van der Waals surface area contributed by atoms with Crippen LogP contribution in [-0.4, -0.2) is 119 Å². The number of piperazine rings is 1. The lowest BCUT2D eigenvalue weighted by Crippen LogP contribution is -2.45. The first-order chi connectivity index (χ1) is 23.0. The number of nitrogens with one attached hydrogen (secondary N) is 2. The molecule has 0 spiro atoms. The zero-order valence-electron chi connectivity index (χ0n) is 27.2. The van der Waals surface area contributed by atoms with Gasteiger partial charge in [-0.3, -0.25) is 4.79 Å². The van der Waals surface area contributed by atoms with E-state index in [0.29, 0.717) is 36.3 Å². The highest BCUT2D eigenvalue weighted by Crippen LogP contribution is 2.33. The van der Waals surface area contributed by atoms with Crippen molar-refractivity contribution < 1.29 is 32.9 Å². The highest BCUT2D eigenvalue weighted by Gasteiger charge is 2.30. The molecule has 48 heavy (non-hydrogen) atoms. The lowest BCUT2D eigenvalue weighted by molar-refractivity contribution is -0.140. The van der Waals surface area contributed by atoms with Crippen molar-refractivity contribution in [2.45, 2.75) is 49.5 Å². The average Bonchev–Trinajstić information content (AvgIpc) is 3.41. The van der Waals surface area contributed by atoms with E-state index >= 15 is 0 Å². The molecule has 0 aliphatic carbocycles. The number of aliphatic hydroxyl groups is 2. The summed E-state index contributed by atoms with van der Waals surface area (Å²) >= 11 is 1.61. The molecular formula is C34H43F3N6O4S. The molecule has 14 heteroatoms. The number of ether oxygens (including phenoxy) is 1. The zero-order valence-corrected chi connectivity index (χ0v) is 28.0. The molecule has 3 heterocycles. The van der Waals surface area contributed by atoms with E-state index < -0.39 is 18.8 Å². The molecule has 2 aromatic carbocycles. The number of carbonyl (C=O) groups excluding carboxylic acids is 1. The van der Waals surface area contributed by atoms with Crippen LogP contribution in [0.4, 0.5) is 24.5 Å². The number of alkyl halides is 3. The van der Waals surface area contributed by atoms with Gasteiger partial charge in [-0.2, -0.15) is 13.2 Å². The van der Waals surface area contributed by atoms with Crippen LogP contribution in [0.15, 0.2) is 47.4 Å². The first kappa shape index (κ1) is 35.7. The van der Waals surface area contributed by atoms with Crippen molar-refractivity contribution >= 4 is 40.1 Å². The average molecular weight is 689 g/mol. The molecule has 1 amide bonds. The molecule has 5 rings (SSSR count). The van der Waals surface area contributed by atoms with E-state index in [-0.39, 0.29) is 30.8 Å². The molecule has 1 atom stereocenters. The van der Waals surface area contributed by atoms with E-state index in [1.165, 1.54) is 4.57 Å². The number of likely N-dealkylation sites (tertiary alicyclic amines) is 1. The molecule has 0 radical (unpaired) electrons. The van der Waals surface area contributed by atoms with E-state index in [4.69, 9.17) is 9.84 Å². The standard InChI is InChI=1S/C34H43F3N6O4S/c1-24(45)41-15-17-42(18-16-41)48-28-8-9-31(33(20-28)47-2)38-12-4-5-26-19-29-30(6-3-7-32(29)43(26)23-34(35,36)37)39-25-10-13-40(14-11-25)21-27(46)22-44/h3,6-9,19-20,25,27,38-39,44,46H,10-18,21-23H2,1-2H3. The minimum atomic E-state index is -4.43. The van der Waals surface area contributed by atoms with E-state index in [1.807, 2.05) is 29.2 Å². The van der Waals surface area contributed by atoms with Crippen LogP contribution in [0.2, 0.25) is 0 Å². The Morgan fingerprint density at radius 2 is 1.83 bits per heavy atom. The smallest absolute Gasteiger partial charge is 0.406 e. The van der Waals surface area contributed by atoms with Gasteiger partial charge in [0.15, 0.2) is 0 Å². The number of methoxy groups -OCH3 is 1. The van der Waals surface area contributed by atoms with E-state index in [0.717, 1.165) is 55.3 Å². The second-order valence-corrected chi connectivity index (χ2v) is 13.2. The van der Waals surface area contributed by atoms with Gasteiger partial charge in [-0.05, 0) is 67.1 Å². The Hall–Kier alpha value is -3.61. The Labute approximate surface area is 283 Å². The van der Waals surface area contributed by atoms with Crippen molar-refractivity contribution in [2.75, 3.05) is 76.7 Å². The highest BCUT2D eigenvalue weighted by atomic mass is 32.2. The lowest BCUT2D eigenvalue weighted by Gasteiger charge is -2.33. The van der Waals surface area contributed by atoms with Crippen LogP contribution in [0.1, 0.15) is 25.5 Å². The summed E-state index contributed by atoms with van der Waals surface area (Å²) in [5, 5.41) is 26.3. The molecule has 0 saturated carbocycles. The van der Waals surface area contributed by atoms with Crippen molar-refractivity contribution in [3.05, 3.63) is 48.2 Å². The minimum Gasteiger partial charge on any atom is -0.495 e. The van der Waals surface area contributed by atoms with Crippen molar-refractivity contribution in [1.82, 2.24) is 18.7 Å². The Bertz CT molecular complexity index is 1610. The Morgan fingerprint density at radius 3 is 2.50 bits per heavy atom. The van der Waals surface area contributed by atoms with Crippen LogP contribution >= 0.6 is 11.9 Å². The maximum Gasteiger partial charge on any atom is 0.406 e. The van der Waals surface area contributed by atoms with Crippen LogP contribution < -0.4 is 15.4 Å². The number of rotatable bonds is 11. The first-order valence-electron chi connectivity index (χ1n) is 16.1. The number of β-amino-alcohol motifs (C(OH)–C–C–N with tert-alkyl or cyclic N) is 1. The maximum absolute atomic E-state index is 13.7. The number of anilines is 2. The van der Waals surface area contributed by atoms with Gasteiger partial charge in [0.2, 0.25) is 5.91 Å². The fourth-order valence-electron chi connectivity index (χ4n) is 6.09. The third kappa shape index (κ3) is 9.51. The summed E-state index contributed by atoms with van der Waals surface area (Å²) in [5.74, 6) is 6.67. The summed E-state index contributed by atoms with van der Waals surface area (Å²) in [7, 11) is 1.58. The summed E-state index contributed by atoms with van der Waals surface area (Å²) in [6.07, 6.45) is -3.59. The topological polar surface area (TPSA) is 105 Å². The first-order valence-corrected chi connectivity index (χ1v) is 16.9. The van der Waals surface area contributed by atoms with Crippen molar-refractivity contribution in [1.29, 1.82) is 0 Å². The van der Waals surface area contributed by atoms with Gasteiger partial charge < -0.3 is 40.0 Å². The number of fused-ring (bicyclic) bond motifs is 1. The molecule has 4 N–H and O–H groups in total. The summed E-state index contributed by atoms with van der Waals surface area (Å²) in [4.78, 5) is 16.5. The highest BCUT2D eigenvalue weighted by molar-refractivity contribution is 7.97. The fraction of sp³-hybridized carbons (Fsp3) is 0.500. The zero-order chi connectivity index (χ0) is 34.3. The molecule has 2 aliphatic heterocycles. The summed E-state index contributed by atoms with van der Waals surface area (Å²) < 4.78 is 50.1. The van der Waals surface area contributed by atoms with E-state index in [1.54, 1.807) is 44.2 Å². The van der Waals surface area contributed by atoms with Crippen molar-refractivity contribution in [2.24, 2.45) is 0 Å². The number of halogens is 3. The molecule has 10 nitrogen and oxygen atoms in total. The maximum atomic E-state index is 13.7. The molecule has 1 aromatic heterocycles. The number of hydrogen-bond acceptors (Lipinski definition) is 9. The van der Waals surface area contributed by atoms with Crippen LogP contribution in [-0.2, 0) is 11.3 Å². The molecule has 3 aromatic rings. The van der Waals surface area contributed by atoms with Crippen LogP contribution in [0.25, 0.3) is 10.9 Å². The van der Waals surface area contributed by atoms with Gasteiger partial charge in [0.25, 0.3) is 0 Å². The number of amides is 1. The Morgan fingerprint density at radius 1 is 1.08 bits per heavy atom. The third-order valence-corrected chi connectivity index (χ3v) is 9.67. The van der Waals surface area contributed by atoms with Gasteiger partial charge in [-0.15, -0.1) is 0 Å². The summed E-state index contributed by atoms with van der Waals surface area (Å²) in [6, 6.07) is 12.9. The van der Waals surface area contributed by atoms with Crippen molar-refractivity contribution in [3.8, 4) is 17.6 Å². The minimum absolute atomic E-state index is 0.0878. The quantitative estimate of drug-likeness (QED) is 0.175. The SMILES string of the molecule is COc1cc(SN2CCN(C(C)=O)CC2)ccc1NCC#Cc1cc2c(NC3CCN(CC(O)CO)CC3)cccc2n1CC(F)(F)F. The molecule has 260 valence electrons. The predicted molar refractivity (Wildman–Crippen MR) is 182 cm³/mol. The second-order valence-electron chi connectivity index (χ2n) is 12.1. The number of aromatic nitrogens is 1. The van der Waals surface area contributed by atoms with Crippen molar-refractivity contribution in [3.63, 3.8) is 0 Å². The Kier molecular flexibility index (Phi) is 12.0. The summed E-state index contributed by atoms with van der Waals surface area (Å²) in [6.45, 7) is 5.16. The molecule has 2 aliphatic rings. The number of nitrogens with zero attached hydrogens (tertiary/aromatic N) is 4. The second kappa shape index (κ2) is 16.2. The van der Waals surface area contributed by atoms with Gasteiger partial charge in [-0.25, -0.2) is 4.31 Å². The molecule has 0 bridgehead atoms.